The lowest BCUT2D eigenvalue weighted by atomic mass is 9.99. The number of carbonyl (C=O) groups excluding carboxylic acids is 2. The molecular weight excluding hydrogens is 388 g/mol. The second-order valence-electron chi connectivity index (χ2n) is 6.36. The predicted octanol–water partition coefficient (Wildman–Crippen LogP) is 4.44. The number of hydrogen-bond acceptors (Lipinski definition) is 4. The maximum atomic E-state index is 12.5. The zero-order valence-electron chi connectivity index (χ0n) is 15.9. The second kappa shape index (κ2) is 9.87. The Bertz CT molecular complexity index is 975. The summed E-state index contributed by atoms with van der Waals surface area (Å²) >= 11 is 6.01. The van der Waals surface area contributed by atoms with E-state index in [2.05, 4.69) is 10.6 Å². The van der Waals surface area contributed by atoms with Crippen LogP contribution >= 0.6 is 11.6 Å². The fraction of sp³-hybridized carbons (Fsp3) is 0.130. The lowest BCUT2D eigenvalue weighted by Gasteiger charge is -2.20. The molecule has 1 amide bonds. The van der Waals surface area contributed by atoms with E-state index in [0.29, 0.717) is 16.3 Å². The van der Waals surface area contributed by atoms with Gasteiger partial charge in [-0.3, -0.25) is 10.1 Å². The first-order chi connectivity index (χ1) is 14.1. The van der Waals surface area contributed by atoms with Crippen LogP contribution < -0.4 is 10.6 Å². The molecule has 0 radical (unpaired) electrons. The Morgan fingerprint density at radius 3 is 2.21 bits per heavy atom. The van der Waals surface area contributed by atoms with E-state index in [-0.39, 0.29) is 18.5 Å². The summed E-state index contributed by atoms with van der Waals surface area (Å²) in [6, 6.07) is 23.9. The summed E-state index contributed by atoms with van der Waals surface area (Å²) in [5.74, 6) is -0.770. The zero-order chi connectivity index (χ0) is 20.6. The van der Waals surface area contributed by atoms with Crippen LogP contribution in [-0.4, -0.2) is 25.5 Å². The molecule has 0 spiro atoms. The third-order valence-corrected chi connectivity index (χ3v) is 4.66. The first-order valence-electron chi connectivity index (χ1n) is 9.09. The fourth-order valence-electron chi connectivity index (χ4n) is 3.00. The van der Waals surface area contributed by atoms with Crippen LogP contribution in [0.3, 0.4) is 0 Å². The smallest absolute Gasteiger partial charge is 0.339 e. The standard InChI is InChI=1S/C23H21ClN2O3/c1-29-23(28)19-9-5-6-10-20(19)26-21(27)15-25-22(16-7-3-2-4-8-16)17-11-13-18(24)14-12-17/h2-14,22,25H,15H2,1H3,(H,26,27)/t22-/m1/s1. The van der Waals surface area contributed by atoms with E-state index in [1.807, 2.05) is 54.6 Å². The van der Waals surface area contributed by atoms with Gasteiger partial charge in [0, 0.05) is 5.02 Å². The number of nitrogens with one attached hydrogen (secondary N) is 2. The highest BCUT2D eigenvalue weighted by Gasteiger charge is 2.17. The Balaban J connectivity index is 1.74. The Kier molecular flexibility index (Phi) is 7.00. The number of para-hydroxylation sites is 1. The minimum Gasteiger partial charge on any atom is -0.465 e. The van der Waals surface area contributed by atoms with E-state index >= 15 is 0 Å². The lowest BCUT2D eigenvalue weighted by molar-refractivity contribution is -0.115. The van der Waals surface area contributed by atoms with E-state index in [0.717, 1.165) is 11.1 Å². The number of amides is 1. The largest absolute Gasteiger partial charge is 0.465 e. The van der Waals surface area contributed by atoms with Crippen molar-refractivity contribution in [2.75, 3.05) is 19.0 Å². The van der Waals surface area contributed by atoms with Gasteiger partial charge in [-0.1, -0.05) is 66.2 Å². The molecule has 3 rings (SSSR count). The summed E-state index contributed by atoms with van der Waals surface area (Å²) in [5, 5.41) is 6.70. The van der Waals surface area contributed by atoms with Gasteiger partial charge in [0.2, 0.25) is 5.91 Å². The van der Waals surface area contributed by atoms with E-state index in [4.69, 9.17) is 16.3 Å². The topological polar surface area (TPSA) is 67.4 Å². The molecule has 0 aliphatic rings. The molecule has 6 heteroatoms. The Morgan fingerprint density at radius 2 is 1.52 bits per heavy atom. The van der Waals surface area contributed by atoms with Crippen molar-refractivity contribution in [3.05, 3.63) is 101 Å². The average molecular weight is 409 g/mol. The highest BCUT2D eigenvalue weighted by Crippen LogP contribution is 2.23. The molecule has 1 atom stereocenters. The number of anilines is 1. The minimum atomic E-state index is -0.503. The Hall–Kier alpha value is -3.15. The van der Waals surface area contributed by atoms with Crippen LogP contribution in [0.4, 0.5) is 5.69 Å². The first-order valence-corrected chi connectivity index (χ1v) is 9.47. The van der Waals surface area contributed by atoms with Crippen LogP contribution in [-0.2, 0) is 9.53 Å². The molecule has 0 aromatic heterocycles. The van der Waals surface area contributed by atoms with Gasteiger partial charge in [-0.05, 0) is 35.4 Å². The molecule has 0 saturated carbocycles. The van der Waals surface area contributed by atoms with Crippen LogP contribution in [0.15, 0.2) is 78.9 Å². The normalized spacial score (nSPS) is 11.5. The van der Waals surface area contributed by atoms with Crippen molar-refractivity contribution in [3.63, 3.8) is 0 Å². The second-order valence-corrected chi connectivity index (χ2v) is 6.80. The molecular formula is C23H21ClN2O3. The van der Waals surface area contributed by atoms with Gasteiger partial charge in [-0.2, -0.15) is 0 Å². The third kappa shape index (κ3) is 5.44. The summed E-state index contributed by atoms with van der Waals surface area (Å²) in [5.41, 5.74) is 2.73. The number of rotatable bonds is 7. The summed E-state index contributed by atoms with van der Waals surface area (Å²) in [6.07, 6.45) is 0. The molecule has 3 aromatic carbocycles. The number of halogens is 1. The van der Waals surface area contributed by atoms with Crippen LogP contribution in [0.5, 0.6) is 0 Å². The first kappa shape index (κ1) is 20.6. The molecule has 3 aromatic rings. The van der Waals surface area contributed by atoms with E-state index in [1.165, 1.54) is 7.11 Å². The van der Waals surface area contributed by atoms with Crippen molar-refractivity contribution in [1.82, 2.24) is 5.32 Å². The van der Waals surface area contributed by atoms with Gasteiger partial charge in [0.1, 0.15) is 0 Å². The maximum absolute atomic E-state index is 12.5. The summed E-state index contributed by atoms with van der Waals surface area (Å²) in [7, 11) is 1.30. The lowest BCUT2D eigenvalue weighted by Crippen LogP contribution is -2.32. The highest BCUT2D eigenvalue weighted by atomic mass is 35.5. The molecule has 29 heavy (non-hydrogen) atoms. The van der Waals surface area contributed by atoms with Gasteiger partial charge < -0.3 is 10.1 Å². The van der Waals surface area contributed by atoms with Gasteiger partial charge in [-0.15, -0.1) is 0 Å². The van der Waals surface area contributed by atoms with Crippen LogP contribution in [0.1, 0.15) is 27.5 Å². The van der Waals surface area contributed by atoms with Gasteiger partial charge in [-0.25, -0.2) is 4.79 Å². The molecule has 0 unspecified atom stereocenters. The van der Waals surface area contributed by atoms with Crippen LogP contribution in [0.2, 0.25) is 5.02 Å². The molecule has 0 saturated heterocycles. The third-order valence-electron chi connectivity index (χ3n) is 4.41. The van der Waals surface area contributed by atoms with Crippen molar-refractivity contribution in [3.8, 4) is 0 Å². The maximum Gasteiger partial charge on any atom is 0.339 e. The monoisotopic (exact) mass is 408 g/mol. The van der Waals surface area contributed by atoms with Gasteiger partial charge in [0.05, 0.1) is 30.9 Å². The number of carbonyl (C=O) groups is 2. The van der Waals surface area contributed by atoms with Crippen LogP contribution in [0.25, 0.3) is 0 Å². The fourth-order valence-corrected chi connectivity index (χ4v) is 3.12. The van der Waals surface area contributed by atoms with Crippen molar-refractivity contribution >= 4 is 29.2 Å². The molecule has 0 bridgehead atoms. The Labute approximate surface area is 174 Å². The average Bonchev–Trinajstić information content (AvgIpc) is 2.75. The number of ether oxygens (including phenoxy) is 1. The van der Waals surface area contributed by atoms with Crippen molar-refractivity contribution in [2.24, 2.45) is 0 Å². The van der Waals surface area contributed by atoms with Crippen molar-refractivity contribution in [1.29, 1.82) is 0 Å². The summed E-state index contributed by atoms with van der Waals surface area (Å²) < 4.78 is 4.77. The van der Waals surface area contributed by atoms with Gasteiger partial charge in [0.15, 0.2) is 0 Å². The molecule has 0 aliphatic heterocycles. The Morgan fingerprint density at radius 1 is 0.897 bits per heavy atom. The SMILES string of the molecule is COC(=O)c1ccccc1NC(=O)CN[C@H](c1ccccc1)c1ccc(Cl)cc1. The quantitative estimate of drug-likeness (QED) is 0.567. The molecule has 148 valence electrons. The number of benzene rings is 3. The van der Waals surface area contributed by atoms with E-state index in [9.17, 15) is 9.59 Å². The minimum absolute atomic E-state index is 0.0533. The molecule has 0 aliphatic carbocycles. The number of methoxy groups -OCH3 is 1. The molecule has 0 heterocycles. The van der Waals surface area contributed by atoms with Crippen LogP contribution in [0, 0.1) is 0 Å². The number of hydrogen-bond donors (Lipinski definition) is 2. The van der Waals surface area contributed by atoms with Gasteiger partial charge >= 0.3 is 5.97 Å². The summed E-state index contributed by atoms with van der Waals surface area (Å²) in [6.45, 7) is 0.0533. The van der Waals surface area contributed by atoms with Crippen molar-refractivity contribution in [2.45, 2.75) is 6.04 Å². The molecule has 0 fully saturated rings. The van der Waals surface area contributed by atoms with Gasteiger partial charge in [0.25, 0.3) is 0 Å². The zero-order valence-corrected chi connectivity index (χ0v) is 16.6. The predicted molar refractivity (Wildman–Crippen MR) is 114 cm³/mol. The van der Waals surface area contributed by atoms with E-state index < -0.39 is 5.97 Å². The molecule has 2 N–H and O–H groups in total. The highest BCUT2D eigenvalue weighted by molar-refractivity contribution is 6.30. The summed E-state index contributed by atoms with van der Waals surface area (Å²) in [4.78, 5) is 24.4. The van der Waals surface area contributed by atoms with E-state index in [1.54, 1.807) is 24.3 Å². The molecule has 5 nitrogen and oxygen atoms in total. The number of esters is 1. The van der Waals surface area contributed by atoms with Crippen molar-refractivity contribution < 1.29 is 14.3 Å².